The third-order valence-electron chi connectivity index (χ3n) is 3.76. The lowest BCUT2D eigenvalue weighted by Gasteiger charge is -2.16. The number of anilines is 1. The van der Waals surface area contributed by atoms with Gasteiger partial charge in [0, 0.05) is 5.69 Å². The van der Waals surface area contributed by atoms with Crippen LogP contribution in [-0.4, -0.2) is 12.0 Å². The average molecular weight is 395 g/mol. The molecule has 1 atom stereocenters. The number of nitrogens with zero attached hydrogens (tertiary/aromatic N) is 1. The minimum absolute atomic E-state index is 0.282. The highest BCUT2D eigenvalue weighted by Crippen LogP contribution is 2.33. The minimum Gasteiger partial charge on any atom is -0.480 e. The molecule has 1 amide bonds. The Morgan fingerprint density at radius 1 is 1.16 bits per heavy atom. The Morgan fingerprint density at radius 2 is 1.96 bits per heavy atom. The van der Waals surface area contributed by atoms with Gasteiger partial charge in [0.15, 0.2) is 6.10 Å². The number of carbonyl (C=O) groups is 1. The molecule has 0 saturated heterocycles. The number of halogens is 1. The van der Waals surface area contributed by atoms with E-state index in [1.807, 2.05) is 42.5 Å². The van der Waals surface area contributed by atoms with Crippen molar-refractivity contribution in [1.82, 2.24) is 0 Å². The second kappa shape index (κ2) is 7.37. The van der Waals surface area contributed by atoms with Gasteiger partial charge >= 0.3 is 0 Å². The van der Waals surface area contributed by atoms with Gasteiger partial charge in [-0.05, 0) is 57.9 Å². The fourth-order valence-corrected chi connectivity index (χ4v) is 3.05. The lowest BCUT2D eigenvalue weighted by atomic mass is 10.1. The Balaban J connectivity index is 1.75. The molecular weight excluding hydrogens is 380 g/mol. The summed E-state index contributed by atoms with van der Waals surface area (Å²) in [6.45, 7) is 1.69. The summed E-state index contributed by atoms with van der Waals surface area (Å²) in [4.78, 5) is 12.4. The molecule has 0 spiro atoms. The van der Waals surface area contributed by atoms with E-state index in [-0.39, 0.29) is 5.91 Å². The van der Waals surface area contributed by atoms with Gasteiger partial charge in [-0.2, -0.15) is 5.26 Å². The van der Waals surface area contributed by atoms with Crippen LogP contribution in [0.5, 0.6) is 5.75 Å². The molecule has 4 nitrogen and oxygen atoms in total. The van der Waals surface area contributed by atoms with Gasteiger partial charge in [0.1, 0.15) is 5.75 Å². The topological polar surface area (TPSA) is 62.1 Å². The number of nitrogens with one attached hydrogen (secondary N) is 1. The molecule has 1 N–H and O–H groups in total. The third kappa shape index (κ3) is 3.81. The number of fused-ring (bicyclic) bond motifs is 1. The first kappa shape index (κ1) is 17.0. The van der Waals surface area contributed by atoms with Gasteiger partial charge in [-0.1, -0.05) is 36.4 Å². The standard InChI is InChI=1S/C20H15BrN2O2/c1-13(20(24)23-16-7-4-5-14(11-16)12-22)25-18-10-9-15-6-2-3-8-17(15)19(18)21/h2-11,13H,1H3,(H,23,24)/t13-/m1/s1. The van der Waals surface area contributed by atoms with Gasteiger partial charge in [0.2, 0.25) is 0 Å². The second-order valence-corrected chi connectivity index (χ2v) is 6.33. The van der Waals surface area contributed by atoms with Crippen molar-refractivity contribution >= 4 is 38.3 Å². The monoisotopic (exact) mass is 394 g/mol. The highest BCUT2D eigenvalue weighted by Gasteiger charge is 2.17. The van der Waals surface area contributed by atoms with Gasteiger partial charge in [0.05, 0.1) is 16.1 Å². The fourth-order valence-electron chi connectivity index (χ4n) is 2.46. The number of amides is 1. The molecule has 3 rings (SSSR count). The molecule has 0 aliphatic heterocycles. The number of carbonyl (C=O) groups excluding carboxylic acids is 1. The number of hydrogen-bond acceptors (Lipinski definition) is 3. The summed E-state index contributed by atoms with van der Waals surface area (Å²) in [5.74, 6) is 0.322. The van der Waals surface area contributed by atoms with Gasteiger partial charge in [-0.3, -0.25) is 4.79 Å². The van der Waals surface area contributed by atoms with Crippen molar-refractivity contribution in [3.63, 3.8) is 0 Å². The molecule has 5 heteroatoms. The first-order chi connectivity index (χ1) is 12.1. The van der Waals surface area contributed by atoms with Crippen LogP contribution in [0.1, 0.15) is 12.5 Å². The van der Waals surface area contributed by atoms with E-state index in [0.717, 1.165) is 15.2 Å². The van der Waals surface area contributed by atoms with Crippen LogP contribution in [0.2, 0.25) is 0 Å². The van der Waals surface area contributed by atoms with Gasteiger partial charge in [-0.15, -0.1) is 0 Å². The van der Waals surface area contributed by atoms with Gasteiger partial charge < -0.3 is 10.1 Å². The number of ether oxygens (including phenoxy) is 1. The fraction of sp³-hybridized carbons (Fsp3) is 0.100. The summed E-state index contributed by atoms with van der Waals surface area (Å²) >= 11 is 3.55. The third-order valence-corrected chi connectivity index (χ3v) is 4.58. The maximum absolute atomic E-state index is 12.4. The van der Waals surface area contributed by atoms with Crippen LogP contribution in [0.3, 0.4) is 0 Å². The Hall–Kier alpha value is -2.84. The number of hydrogen-bond donors (Lipinski definition) is 1. The number of rotatable bonds is 4. The van der Waals surface area contributed by atoms with Crippen LogP contribution in [0.25, 0.3) is 10.8 Å². The highest BCUT2D eigenvalue weighted by molar-refractivity contribution is 9.10. The molecule has 0 saturated carbocycles. The first-order valence-corrected chi connectivity index (χ1v) is 8.52. The van der Waals surface area contributed by atoms with Crippen LogP contribution in [0.4, 0.5) is 5.69 Å². The van der Waals surface area contributed by atoms with Gasteiger partial charge in [0.25, 0.3) is 5.91 Å². The highest BCUT2D eigenvalue weighted by atomic mass is 79.9. The lowest BCUT2D eigenvalue weighted by Crippen LogP contribution is -2.30. The molecular formula is C20H15BrN2O2. The van der Waals surface area contributed by atoms with E-state index in [1.165, 1.54) is 0 Å². The summed E-state index contributed by atoms with van der Waals surface area (Å²) < 4.78 is 6.64. The Kier molecular flexibility index (Phi) is 5.01. The smallest absolute Gasteiger partial charge is 0.265 e. The quantitative estimate of drug-likeness (QED) is 0.685. The van der Waals surface area contributed by atoms with Crippen molar-refractivity contribution in [2.24, 2.45) is 0 Å². The zero-order valence-electron chi connectivity index (χ0n) is 13.5. The van der Waals surface area contributed by atoms with Crippen LogP contribution < -0.4 is 10.1 Å². The molecule has 25 heavy (non-hydrogen) atoms. The first-order valence-electron chi connectivity index (χ1n) is 7.73. The predicted molar refractivity (Wildman–Crippen MR) is 102 cm³/mol. The van der Waals surface area contributed by atoms with E-state index in [2.05, 4.69) is 21.2 Å². The summed E-state index contributed by atoms with van der Waals surface area (Å²) in [5.41, 5.74) is 1.06. The number of nitriles is 1. The normalized spacial score (nSPS) is 11.6. The molecule has 0 aliphatic carbocycles. The molecule has 3 aromatic carbocycles. The molecule has 0 aliphatic rings. The van der Waals surface area contributed by atoms with Crippen LogP contribution in [0, 0.1) is 11.3 Å². The van der Waals surface area contributed by atoms with Crippen molar-refractivity contribution < 1.29 is 9.53 Å². The summed E-state index contributed by atoms with van der Waals surface area (Å²) in [6.07, 6.45) is -0.691. The van der Waals surface area contributed by atoms with Crippen molar-refractivity contribution in [1.29, 1.82) is 5.26 Å². The van der Waals surface area contributed by atoms with E-state index in [0.29, 0.717) is 17.0 Å². The zero-order valence-corrected chi connectivity index (χ0v) is 15.1. The number of benzene rings is 3. The molecule has 0 unspecified atom stereocenters. The van der Waals surface area contributed by atoms with Crippen LogP contribution in [0.15, 0.2) is 65.1 Å². The summed E-state index contributed by atoms with van der Waals surface area (Å²) in [6, 6.07) is 20.5. The van der Waals surface area contributed by atoms with E-state index >= 15 is 0 Å². The van der Waals surface area contributed by atoms with Crippen molar-refractivity contribution in [2.75, 3.05) is 5.32 Å². The second-order valence-electron chi connectivity index (χ2n) is 5.54. The van der Waals surface area contributed by atoms with Crippen molar-refractivity contribution in [3.8, 4) is 11.8 Å². The molecule has 0 aromatic heterocycles. The van der Waals surface area contributed by atoms with E-state index in [1.54, 1.807) is 31.2 Å². The maximum atomic E-state index is 12.4. The van der Waals surface area contributed by atoms with E-state index in [4.69, 9.17) is 10.00 Å². The van der Waals surface area contributed by atoms with Gasteiger partial charge in [-0.25, -0.2) is 0 Å². The van der Waals surface area contributed by atoms with Crippen molar-refractivity contribution in [2.45, 2.75) is 13.0 Å². The Labute approximate surface area is 154 Å². The average Bonchev–Trinajstić information content (AvgIpc) is 2.64. The predicted octanol–water partition coefficient (Wildman–Crippen LogP) is 4.88. The lowest BCUT2D eigenvalue weighted by molar-refractivity contribution is -0.122. The SMILES string of the molecule is C[C@@H](Oc1ccc2ccccc2c1Br)C(=O)Nc1cccc(C#N)c1. The largest absolute Gasteiger partial charge is 0.480 e. The summed E-state index contributed by atoms with van der Waals surface area (Å²) in [7, 11) is 0. The van der Waals surface area contributed by atoms with Crippen LogP contribution in [-0.2, 0) is 4.79 Å². The Bertz CT molecular complexity index is 979. The zero-order chi connectivity index (χ0) is 17.8. The maximum Gasteiger partial charge on any atom is 0.265 e. The Morgan fingerprint density at radius 3 is 2.76 bits per heavy atom. The van der Waals surface area contributed by atoms with Crippen molar-refractivity contribution in [3.05, 3.63) is 70.7 Å². The molecule has 0 radical (unpaired) electrons. The summed E-state index contributed by atoms with van der Waals surface area (Å²) in [5, 5.41) is 13.8. The molecule has 0 fully saturated rings. The molecule has 0 bridgehead atoms. The van der Waals surface area contributed by atoms with E-state index in [9.17, 15) is 4.79 Å². The van der Waals surface area contributed by atoms with Crippen LogP contribution >= 0.6 is 15.9 Å². The molecule has 124 valence electrons. The molecule has 3 aromatic rings. The molecule has 0 heterocycles. The van der Waals surface area contributed by atoms with E-state index < -0.39 is 6.10 Å². The minimum atomic E-state index is -0.691.